The van der Waals surface area contributed by atoms with Crippen LogP contribution in [0.15, 0.2) is 58.9 Å². The molecule has 0 spiro atoms. The van der Waals surface area contributed by atoms with Gasteiger partial charge in [0.05, 0.1) is 16.7 Å². The number of anilines is 1. The van der Waals surface area contributed by atoms with Crippen molar-refractivity contribution in [2.75, 3.05) is 4.31 Å². The summed E-state index contributed by atoms with van der Waals surface area (Å²) in [4.78, 5) is 26.1. The third-order valence-electron chi connectivity index (χ3n) is 4.23. The van der Waals surface area contributed by atoms with Crippen LogP contribution in [0.25, 0.3) is 11.1 Å². The van der Waals surface area contributed by atoms with Crippen LogP contribution in [0.4, 0.5) is 15.0 Å². The summed E-state index contributed by atoms with van der Waals surface area (Å²) in [6.45, 7) is 0. The normalized spacial score (nSPS) is 11.3. The molecule has 0 bridgehead atoms. The number of carboxylic acid groups (broad SMARTS) is 1. The zero-order valence-corrected chi connectivity index (χ0v) is 19.6. The smallest absolute Gasteiger partial charge is 0.427 e. The zero-order valence-electron chi connectivity index (χ0n) is 16.5. The van der Waals surface area contributed by atoms with Crippen molar-refractivity contribution in [1.29, 1.82) is 0 Å². The molecule has 4 aromatic rings. The van der Waals surface area contributed by atoms with E-state index in [0.717, 1.165) is 23.5 Å². The molecule has 1 aromatic carbocycles. The number of carbonyl (C=O) groups is 1. The number of thiazole rings is 1. The molecule has 0 radical (unpaired) electrons. The second-order valence-corrected chi connectivity index (χ2v) is 9.61. The summed E-state index contributed by atoms with van der Waals surface area (Å²) < 4.78 is 46.5. The molecule has 3 heterocycles. The Bertz CT molecular complexity index is 1470. The Kier molecular flexibility index (Phi) is 6.61. The third kappa shape index (κ3) is 4.63. The highest BCUT2D eigenvalue weighted by atomic mass is 35.5. The van der Waals surface area contributed by atoms with Crippen LogP contribution in [0.1, 0.15) is 0 Å². The van der Waals surface area contributed by atoms with Gasteiger partial charge in [0, 0.05) is 35.0 Å². The molecule has 174 valence electrons. The van der Waals surface area contributed by atoms with Crippen LogP contribution in [0.3, 0.4) is 0 Å². The molecule has 15 heteroatoms. The Balaban J connectivity index is 1.75. The quantitative estimate of drug-likeness (QED) is 0.330. The Hall–Kier alpha value is -3.39. The van der Waals surface area contributed by atoms with Crippen molar-refractivity contribution in [2.45, 2.75) is 4.90 Å². The molecule has 0 unspecified atom stereocenters. The molecule has 1 amide bonds. The standard InChI is InChI=1S/C19H10Cl2FN5O5S2/c20-12-2-16(34(30,31)27(19(28)29)18-7-33-9-26-18)13(22)3-14(12)32-15-6-25-17(21)1-11(15)10-4-23-8-24-5-10/h1-9H,(H,28,29). The third-order valence-corrected chi connectivity index (χ3v) is 7.00. The van der Waals surface area contributed by atoms with Gasteiger partial charge in [-0.2, -0.15) is 0 Å². The van der Waals surface area contributed by atoms with Crippen molar-refractivity contribution in [2.24, 2.45) is 0 Å². The van der Waals surface area contributed by atoms with E-state index in [0.29, 0.717) is 11.1 Å². The molecule has 0 aliphatic heterocycles. The van der Waals surface area contributed by atoms with Crippen molar-refractivity contribution < 1.29 is 27.4 Å². The number of amides is 1. The highest BCUT2D eigenvalue weighted by molar-refractivity contribution is 7.93. The van der Waals surface area contributed by atoms with Crippen LogP contribution in [0.5, 0.6) is 11.5 Å². The molecule has 0 fully saturated rings. The van der Waals surface area contributed by atoms with Crippen LogP contribution in [0.2, 0.25) is 10.2 Å². The topological polar surface area (TPSA) is 135 Å². The van der Waals surface area contributed by atoms with Gasteiger partial charge in [-0.05, 0) is 12.1 Å². The number of aromatic nitrogens is 4. The van der Waals surface area contributed by atoms with Gasteiger partial charge in [0.1, 0.15) is 27.9 Å². The molecule has 0 atom stereocenters. The fourth-order valence-corrected chi connectivity index (χ4v) is 5.13. The summed E-state index contributed by atoms with van der Waals surface area (Å²) in [7, 11) is -4.91. The van der Waals surface area contributed by atoms with Gasteiger partial charge in [-0.3, -0.25) is 0 Å². The monoisotopic (exact) mass is 541 g/mol. The van der Waals surface area contributed by atoms with E-state index in [4.69, 9.17) is 27.9 Å². The first kappa shape index (κ1) is 23.8. The highest BCUT2D eigenvalue weighted by Gasteiger charge is 2.35. The van der Waals surface area contributed by atoms with Crippen LogP contribution < -0.4 is 9.04 Å². The van der Waals surface area contributed by atoms with Crippen LogP contribution in [0, 0.1) is 5.82 Å². The largest absolute Gasteiger partial charge is 0.464 e. The van der Waals surface area contributed by atoms with E-state index in [-0.39, 0.29) is 26.0 Å². The SMILES string of the molecule is O=C(O)N(c1cscn1)S(=O)(=O)c1cc(Cl)c(Oc2cnc(Cl)cc2-c2cncnc2)cc1F. The first-order valence-electron chi connectivity index (χ1n) is 8.92. The number of rotatable bonds is 6. The van der Waals surface area contributed by atoms with Gasteiger partial charge in [-0.1, -0.05) is 23.2 Å². The van der Waals surface area contributed by atoms with Gasteiger partial charge in [0.2, 0.25) is 0 Å². The number of pyridine rings is 1. The minimum atomic E-state index is -4.91. The van der Waals surface area contributed by atoms with Gasteiger partial charge in [0.25, 0.3) is 10.0 Å². The van der Waals surface area contributed by atoms with E-state index in [1.165, 1.54) is 41.9 Å². The lowest BCUT2D eigenvalue weighted by molar-refractivity contribution is 0.206. The maximum absolute atomic E-state index is 15.0. The molecular formula is C19H10Cl2FN5O5S2. The lowest BCUT2D eigenvalue weighted by atomic mass is 10.1. The van der Waals surface area contributed by atoms with E-state index in [1.807, 2.05) is 0 Å². The first-order valence-corrected chi connectivity index (χ1v) is 12.1. The number of hydrogen-bond acceptors (Lipinski definition) is 9. The Morgan fingerprint density at radius 2 is 1.82 bits per heavy atom. The molecule has 0 saturated heterocycles. The van der Waals surface area contributed by atoms with E-state index < -0.39 is 32.6 Å². The number of ether oxygens (including phenoxy) is 1. The van der Waals surface area contributed by atoms with Gasteiger partial charge in [-0.25, -0.2) is 37.5 Å². The summed E-state index contributed by atoms with van der Waals surface area (Å²) in [6.07, 6.45) is 3.69. The van der Waals surface area contributed by atoms with Gasteiger partial charge in [0.15, 0.2) is 11.6 Å². The minimum absolute atomic E-state index is 0.0462. The molecule has 34 heavy (non-hydrogen) atoms. The van der Waals surface area contributed by atoms with Crippen LogP contribution in [-0.2, 0) is 10.0 Å². The maximum Gasteiger partial charge on any atom is 0.427 e. The maximum atomic E-state index is 15.0. The average Bonchev–Trinajstić information content (AvgIpc) is 3.31. The van der Waals surface area contributed by atoms with E-state index in [9.17, 15) is 22.7 Å². The second kappa shape index (κ2) is 9.46. The van der Waals surface area contributed by atoms with Crippen LogP contribution in [-0.4, -0.2) is 39.6 Å². The summed E-state index contributed by atoms with van der Waals surface area (Å²) in [5, 5.41) is 10.4. The van der Waals surface area contributed by atoms with Crippen molar-refractivity contribution in [3.05, 3.63) is 70.0 Å². The molecule has 3 aromatic heterocycles. The Morgan fingerprint density at radius 1 is 1.09 bits per heavy atom. The number of hydrogen-bond donors (Lipinski definition) is 1. The van der Waals surface area contributed by atoms with E-state index in [1.54, 1.807) is 0 Å². The zero-order chi connectivity index (χ0) is 24.5. The molecule has 0 saturated carbocycles. The molecule has 0 aliphatic carbocycles. The molecule has 0 aliphatic rings. The van der Waals surface area contributed by atoms with Crippen molar-refractivity contribution in [3.63, 3.8) is 0 Å². The average molecular weight is 542 g/mol. The van der Waals surface area contributed by atoms with E-state index in [2.05, 4.69) is 19.9 Å². The molecule has 4 rings (SSSR count). The summed E-state index contributed by atoms with van der Waals surface area (Å²) in [5.41, 5.74) is 2.16. The second-order valence-electron chi connectivity index (χ2n) is 6.34. The molecule has 10 nitrogen and oxygen atoms in total. The van der Waals surface area contributed by atoms with Gasteiger partial charge < -0.3 is 9.84 Å². The first-order chi connectivity index (χ1) is 16.2. The number of nitrogens with zero attached hydrogens (tertiary/aromatic N) is 5. The summed E-state index contributed by atoms with van der Waals surface area (Å²) in [5.74, 6) is -1.86. The number of benzene rings is 1. The Morgan fingerprint density at radius 3 is 2.47 bits per heavy atom. The highest BCUT2D eigenvalue weighted by Crippen LogP contribution is 2.39. The van der Waals surface area contributed by atoms with Crippen molar-refractivity contribution in [3.8, 4) is 22.6 Å². The van der Waals surface area contributed by atoms with Crippen molar-refractivity contribution in [1.82, 2.24) is 19.9 Å². The van der Waals surface area contributed by atoms with E-state index >= 15 is 0 Å². The Labute approximate surface area is 205 Å². The predicted octanol–water partition coefficient (Wildman–Crippen LogP) is 5.11. The molecular weight excluding hydrogens is 532 g/mol. The predicted molar refractivity (Wildman–Crippen MR) is 122 cm³/mol. The lowest BCUT2D eigenvalue weighted by Gasteiger charge is -2.18. The molecule has 1 N–H and O–H groups in total. The fraction of sp³-hybridized carbons (Fsp3) is 0. The number of halogens is 3. The van der Waals surface area contributed by atoms with Gasteiger partial charge in [-0.15, -0.1) is 15.6 Å². The lowest BCUT2D eigenvalue weighted by Crippen LogP contribution is -2.36. The summed E-state index contributed by atoms with van der Waals surface area (Å²) >= 11 is 13.1. The van der Waals surface area contributed by atoms with Gasteiger partial charge >= 0.3 is 6.09 Å². The fourth-order valence-electron chi connectivity index (χ4n) is 2.80. The minimum Gasteiger partial charge on any atom is -0.464 e. The van der Waals surface area contributed by atoms with Crippen molar-refractivity contribution >= 4 is 56.5 Å². The summed E-state index contributed by atoms with van der Waals surface area (Å²) in [6, 6.07) is 2.94. The van der Waals surface area contributed by atoms with Crippen LogP contribution >= 0.6 is 34.5 Å². The number of sulfonamides is 1.